The van der Waals surface area contributed by atoms with Gasteiger partial charge in [-0.05, 0) is 35.2 Å². The molecule has 0 aromatic carbocycles. The Morgan fingerprint density at radius 1 is 1.21 bits per heavy atom. The second kappa shape index (κ2) is 7.16. The Kier molecular flexibility index (Phi) is 7.59. The quantitative estimate of drug-likeness (QED) is 0.496. The Hall–Kier alpha value is 0.830. The molecular weight excluding hydrogens is 256 g/mol. The van der Waals surface area contributed by atoms with Crippen molar-refractivity contribution in [1.29, 1.82) is 0 Å². The summed E-state index contributed by atoms with van der Waals surface area (Å²) >= 11 is 5.73. The standard InChI is InChI=1S/C12H25BrS/c1-10(2)6-7-14-9-11(8-13)12(3,4)5/h10-11H,6-9H2,1-5H3. The molecule has 1 atom stereocenters. The fraction of sp³-hybridized carbons (Fsp3) is 1.00. The van der Waals surface area contributed by atoms with E-state index in [-0.39, 0.29) is 0 Å². The molecule has 0 rings (SSSR count). The van der Waals surface area contributed by atoms with Crippen LogP contribution in [0.4, 0.5) is 0 Å². The molecule has 0 aromatic heterocycles. The van der Waals surface area contributed by atoms with Crippen LogP contribution in [0.5, 0.6) is 0 Å². The molecule has 0 aliphatic carbocycles. The molecule has 0 nitrogen and oxygen atoms in total. The maximum absolute atomic E-state index is 3.62. The molecule has 0 spiro atoms. The highest BCUT2D eigenvalue weighted by Crippen LogP contribution is 2.30. The Bertz CT molecular complexity index is 138. The fourth-order valence-electron chi connectivity index (χ4n) is 1.07. The van der Waals surface area contributed by atoms with Crippen molar-refractivity contribution in [2.24, 2.45) is 17.3 Å². The molecule has 0 fully saturated rings. The topological polar surface area (TPSA) is 0 Å². The van der Waals surface area contributed by atoms with Gasteiger partial charge in [0.1, 0.15) is 0 Å². The maximum atomic E-state index is 3.62. The first-order valence-electron chi connectivity index (χ1n) is 5.51. The highest BCUT2D eigenvalue weighted by atomic mass is 79.9. The number of hydrogen-bond donors (Lipinski definition) is 0. The smallest absolute Gasteiger partial charge is 0.00725 e. The van der Waals surface area contributed by atoms with Crippen LogP contribution in [-0.2, 0) is 0 Å². The normalized spacial score (nSPS) is 14.8. The molecule has 0 aromatic rings. The van der Waals surface area contributed by atoms with Crippen molar-refractivity contribution < 1.29 is 0 Å². The lowest BCUT2D eigenvalue weighted by Gasteiger charge is -2.28. The minimum absolute atomic E-state index is 0.439. The van der Waals surface area contributed by atoms with Crippen molar-refractivity contribution in [1.82, 2.24) is 0 Å². The predicted molar refractivity (Wildman–Crippen MR) is 73.5 cm³/mol. The van der Waals surface area contributed by atoms with Crippen LogP contribution < -0.4 is 0 Å². The number of halogens is 1. The van der Waals surface area contributed by atoms with E-state index >= 15 is 0 Å². The summed E-state index contributed by atoms with van der Waals surface area (Å²) in [6, 6.07) is 0. The average molecular weight is 281 g/mol. The number of thioether (sulfide) groups is 1. The molecule has 14 heavy (non-hydrogen) atoms. The highest BCUT2D eigenvalue weighted by molar-refractivity contribution is 9.09. The SMILES string of the molecule is CC(C)CCSCC(CBr)C(C)(C)C. The largest absolute Gasteiger partial charge is 0.162 e. The van der Waals surface area contributed by atoms with Crippen LogP contribution in [0.25, 0.3) is 0 Å². The van der Waals surface area contributed by atoms with E-state index in [0.29, 0.717) is 5.41 Å². The van der Waals surface area contributed by atoms with E-state index in [0.717, 1.165) is 17.2 Å². The van der Waals surface area contributed by atoms with E-state index in [4.69, 9.17) is 0 Å². The molecule has 2 heteroatoms. The molecule has 86 valence electrons. The summed E-state index contributed by atoms with van der Waals surface area (Å²) in [5, 5.41) is 1.13. The lowest BCUT2D eigenvalue weighted by molar-refractivity contribution is 0.295. The summed E-state index contributed by atoms with van der Waals surface area (Å²) in [7, 11) is 0. The van der Waals surface area contributed by atoms with Gasteiger partial charge in [0, 0.05) is 5.33 Å². The monoisotopic (exact) mass is 280 g/mol. The van der Waals surface area contributed by atoms with Crippen LogP contribution in [0.3, 0.4) is 0 Å². The van der Waals surface area contributed by atoms with E-state index in [2.05, 4.69) is 62.3 Å². The Morgan fingerprint density at radius 2 is 1.79 bits per heavy atom. The van der Waals surface area contributed by atoms with Crippen molar-refractivity contribution in [3.8, 4) is 0 Å². The molecule has 0 saturated carbocycles. The first-order chi connectivity index (χ1) is 6.38. The van der Waals surface area contributed by atoms with Gasteiger partial charge in [0.05, 0.1) is 0 Å². The van der Waals surface area contributed by atoms with Gasteiger partial charge in [-0.1, -0.05) is 50.5 Å². The van der Waals surface area contributed by atoms with Crippen LogP contribution in [0.1, 0.15) is 41.0 Å². The summed E-state index contributed by atoms with van der Waals surface area (Å²) in [4.78, 5) is 0. The Balaban J connectivity index is 3.64. The van der Waals surface area contributed by atoms with Gasteiger partial charge in [0.2, 0.25) is 0 Å². The summed E-state index contributed by atoms with van der Waals surface area (Å²) in [6.45, 7) is 11.6. The zero-order valence-electron chi connectivity index (χ0n) is 10.3. The van der Waals surface area contributed by atoms with E-state index in [9.17, 15) is 0 Å². The van der Waals surface area contributed by atoms with Crippen molar-refractivity contribution in [2.75, 3.05) is 16.8 Å². The zero-order chi connectivity index (χ0) is 11.2. The van der Waals surface area contributed by atoms with Crippen LogP contribution in [0.15, 0.2) is 0 Å². The van der Waals surface area contributed by atoms with E-state index in [1.54, 1.807) is 0 Å². The van der Waals surface area contributed by atoms with Crippen LogP contribution in [0, 0.1) is 17.3 Å². The lowest BCUT2D eigenvalue weighted by atomic mass is 9.83. The Labute approximate surface area is 103 Å². The first kappa shape index (κ1) is 14.8. The predicted octanol–water partition coefficient (Wildman–Crippen LogP) is 4.82. The third kappa shape index (κ3) is 7.17. The van der Waals surface area contributed by atoms with E-state index < -0.39 is 0 Å². The van der Waals surface area contributed by atoms with Crippen molar-refractivity contribution in [3.05, 3.63) is 0 Å². The third-order valence-corrected chi connectivity index (χ3v) is 4.51. The molecule has 0 bridgehead atoms. The van der Waals surface area contributed by atoms with Gasteiger partial charge in [-0.25, -0.2) is 0 Å². The summed E-state index contributed by atoms with van der Waals surface area (Å²) in [5.74, 6) is 4.25. The van der Waals surface area contributed by atoms with Gasteiger partial charge >= 0.3 is 0 Å². The second-order valence-electron chi connectivity index (χ2n) is 5.47. The molecule has 0 amide bonds. The van der Waals surface area contributed by atoms with Gasteiger partial charge in [-0.3, -0.25) is 0 Å². The average Bonchev–Trinajstić information content (AvgIpc) is 2.01. The third-order valence-electron chi connectivity index (χ3n) is 2.57. The fourth-order valence-corrected chi connectivity index (χ4v) is 4.28. The van der Waals surface area contributed by atoms with Gasteiger partial charge in [0.15, 0.2) is 0 Å². The van der Waals surface area contributed by atoms with E-state index in [1.807, 2.05) is 0 Å². The van der Waals surface area contributed by atoms with Crippen LogP contribution >= 0.6 is 27.7 Å². The molecule has 0 aliphatic heterocycles. The molecule has 0 radical (unpaired) electrons. The second-order valence-corrected chi connectivity index (χ2v) is 7.27. The number of hydrogen-bond acceptors (Lipinski definition) is 1. The summed E-state index contributed by atoms with van der Waals surface area (Å²) < 4.78 is 0. The molecule has 1 unspecified atom stereocenters. The zero-order valence-corrected chi connectivity index (χ0v) is 12.7. The van der Waals surface area contributed by atoms with Gasteiger partial charge < -0.3 is 0 Å². The molecule has 0 aliphatic rings. The first-order valence-corrected chi connectivity index (χ1v) is 7.79. The Morgan fingerprint density at radius 3 is 2.14 bits per heavy atom. The molecular formula is C12H25BrS. The maximum Gasteiger partial charge on any atom is 0.00725 e. The summed E-state index contributed by atoms with van der Waals surface area (Å²) in [6.07, 6.45) is 1.35. The lowest BCUT2D eigenvalue weighted by Crippen LogP contribution is -2.24. The van der Waals surface area contributed by atoms with Gasteiger partial charge in [-0.2, -0.15) is 11.8 Å². The number of rotatable bonds is 6. The van der Waals surface area contributed by atoms with Crippen molar-refractivity contribution >= 4 is 27.7 Å². The van der Waals surface area contributed by atoms with Crippen molar-refractivity contribution in [3.63, 3.8) is 0 Å². The number of alkyl halides is 1. The van der Waals surface area contributed by atoms with Crippen LogP contribution in [-0.4, -0.2) is 16.8 Å². The minimum atomic E-state index is 0.439. The van der Waals surface area contributed by atoms with E-state index in [1.165, 1.54) is 17.9 Å². The molecule has 0 heterocycles. The van der Waals surface area contributed by atoms with Crippen molar-refractivity contribution in [2.45, 2.75) is 41.0 Å². The van der Waals surface area contributed by atoms with Gasteiger partial charge in [-0.15, -0.1) is 0 Å². The highest BCUT2D eigenvalue weighted by Gasteiger charge is 2.22. The molecule has 0 saturated heterocycles. The summed E-state index contributed by atoms with van der Waals surface area (Å²) in [5.41, 5.74) is 0.439. The van der Waals surface area contributed by atoms with Gasteiger partial charge in [0.25, 0.3) is 0 Å². The van der Waals surface area contributed by atoms with Crippen LogP contribution in [0.2, 0.25) is 0 Å². The molecule has 0 N–H and O–H groups in total. The minimum Gasteiger partial charge on any atom is -0.162 e.